The van der Waals surface area contributed by atoms with Crippen LogP contribution < -0.4 is 0 Å². The van der Waals surface area contributed by atoms with Crippen molar-refractivity contribution in [1.82, 2.24) is 4.98 Å². The minimum absolute atomic E-state index is 0.142. The standard InChI is InChI=1S/C16H17NO/c1-3-13-6-4-5-7-15(13)16(18)10-14-9-8-12(2)11-17-14/h4-9,11H,3,10H2,1-2H3. The Morgan fingerprint density at radius 1 is 1.17 bits per heavy atom. The fourth-order valence-corrected chi connectivity index (χ4v) is 1.96. The zero-order chi connectivity index (χ0) is 13.0. The van der Waals surface area contributed by atoms with Gasteiger partial charge < -0.3 is 0 Å². The van der Waals surface area contributed by atoms with Crippen molar-refractivity contribution in [2.75, 3.05) is 0 Å². The molecule has 92 valence electrons. The number of benzene rings is 1. The average molecular weight is 239 g/mol. The highest BCUT2D eigenvalue weighted by Gasteiger charge is 2.11. The lowest BCUT2D eigenvalue weighted by atomic mass is 9.99. The van der Waals surface area contributed by atoms with Gasteiger partial charge in [0.25, 0.3) is 0 Å². The van der Waals surface area contributed by atoms with Crippen molar-refractivity contribution in [3.63, 3.8) is 0 Å². The third-order valence-corrected chi connectivity index (χ3v) is 3.01. The third-order valence-electron chi connectivity index (χ3n) is 3.01. The van der Waals surface area contributed by atoms with E-state index in [0.29, 0.717) is 6.42 Å². The molecule has 0 N–H and O–H groups in total. The zero-order valence-corrected chi connectivity index (χ0v) is 10.8. The maximum Gasteiger partial charge on any atom is 0.169 e. The molecule has 1 heterocycles. The van der Waals surface area contributed by atoms with Gasteiger partial charge in [-0.3, -0.25) is 9.78 Å². The van der Waals surface area contributed by atoms with Gasteiger partial charge in [-0.15, -0.1) is 0 Å². The first-order chi connectivity index (χ1) is 8.70. The van der Waals surface area contributed by atoms with Crippen molar-refractivity contribution < 1.29 is 4.79 Å². The number of aromatic nitrogens is 1. The van der Waals surface area contributed by atoms with Crippen molar-refractivity contribution in [3.8, 4) is 0 Å². The predicted octanol–water partition coefficient (Wildman–Crippen LogP) is 3.38. The van der Waals surface area contributed by atoms with Gasteiger partial charge in [0, 0.05) is 17.5 Å². The fourth-order valence-electron chi connectivity index (χ4n) is 1.96. The number of nitrogens with zero attached hydrogens (tertiary/aromatic N) is 1. The molecule has 2 heteroatoms. The lowest BCUT2D eigenvalue weighted by Crippen LogP contribution is -2.07. The number of carbonyl (C=O) groups is 1. The van der Waals surface area contributed by atoms with E-state index >= 15 is 0 Å². The van der Waals surface area contributed by atoms with Gasteiger partial charge in [0.15, 0.2) is 5.78 Å². The van der Waals surface area contributed by atoms with E-state index in [2.05, 4.69) is 11.9 Å². The van der Waals surface area contributed by atoms with Crippen LogP contribution in [0.3, 0.4) is 0 Å². The maximum atomic E-state index is 12.2. The van der Waals surface area contributed by atoms with E-state index in [4.69, 9.17) is 0 Å². The summed E-state index contributed by atoms with van der Waals surface area (Å²) < 4.78 is 0. The zero-order valence-electron chi connectivity index (χ0n) is 10.8. The van der Waals surface area contributed by atoms with E-state index in [1.54, 1.807) is 6.20 Å². The van der Waals surface area contributed by atoms with Crippen molar-refractivity contribution >= 4 is 5.78 Å². The number of hydrogen-bond acceptors (Lipinski definition) is 2. The lowest BCUT2D eigenvalue weighted by Gasteiger charge is -2.06. The highest BCUT2D eigenvalue weighted by molar-refractivity contribution is 5.98. The lowest BCUT2D eigenvalue weighted by molar-refractivity contribution is 0.0991. The van der Waals surface area contributed by atoms with E-state index in [1.165, 1.54) is 0 Å². The van der Waals surface area contributed by atoms with Gasteiger partial charge in [0.1, 0.15) is 0 Å². The van der Waals surface area contributed by atoms with Crippen molar-refractivity contribution in [2.24, 2.45) is 0 Å². The van der Waals surface area contributed by atoms with Crippen molar-refractivity contribution in [3.05, 3.63) is 65.0 Å². The molecular formula is C16H17NO. The number of carbonyl (C=O) groups excluding carboxylic acids is 1. The topological polar surface area (TPSA) is 30.0 Å². The van der Waals surface area contributed by atoms with E-state index < -0.39 is 0 Å². The number of rotatable bonds is 4. The Kier molecular flexibility index (Phi) is 3.88. The average Bonchev–Trinajstić information content (AvgIpc) is 2.41. The predicted molar refractivity (Wildman–Crippen MR) is 72.8 cm³/mol. The molecular weight excluding hydrogens is 222 g/mol. The minimum atomic E-state index is 0.142. The molecule has 2 aromatic rings. The van der Waals surface area contributed by atoms with Crippen LogP contribution in [0.5, 0.6) is 0 Å². The van der Waals surface area contributed by atoms with Crippen LogP contribution in [0.15, 0.2) is 42.6 Å². The van der Waals surface area contributed by atoms with Crippen molar-refractivity contribution in [1.29, 1.82) is 0 Å². The molecule has 1 aromatic heterocycles. The second-order valence-electron chi connectivity index (χ2n) is 4.44. The smallest absolute Gasteiger partial charge is 0.169 e. The molecule has 18 heavy (non-hydrogen) atoms. The Morgan fingerprint density at radius 2 is 1.94 bits per heavy atom. The Balaban J connectivity index is 2.19. The number of hydrogen-bond donors (Lipinski definition) is 0. The molecule has 0 aliphatic carbocycles. The van der Waals surface area contributed by atoms with Crippen LogP contribution in [0.4, 0.5) is 0 Å². The first-order valence-corrected chi connectivity index (χ1v) is 6.23. The summed E-state index contributed by atoms with van der Waals surface area (Å²) in [6.45, 7) is 4.06. The summed E-state index contributed by atoms with van der Waals surface area (Å²) >= 11 is 0. The van der Waals surface area contributed by atoms with Crippen LogP contribution in [0.25, 0.3) is 0 Å². The molecule has 0 amide bonds. The van der Waals surface area contributed by atoms with Gasteiger partial charge in [-0.1, -0.05) is 37.3 Å². The van der Waals surface area contributed by atoms with Crippen molar-refractivity contribution in [2.45, 2.75) is 26.7 Å². The number of pyridine rings is 1. The Morgan fingerprint density at radius 3 is 2.61 bits per heavy atom. The molecule has 0 saturated heterocycles. The molecule has 0 unspecified atom stereocenters. The van der Waals surface area contributed by atoms with E-state index in [9.17, 15) is 4.79 Å². The van der Waals surface area contributed by atoms with Crippen LogP contribution in [-0.2, 0) is 12.8 Å². The molecule has 0 aliphatic rings. The van der Waals surface area contributed by atoms with Gasteiger partial charge >= 0.3 is 0 Å². The molecule has 2 nitrogen and oxygen atoms in total. The molecule has 0 radical (unpaired) electrons. The molecule has 0 saturated carbocycles. The number of Topliss-reactive ketones (excluding diaryl/α,β-unsaturated/α-hetero) is 1. The number of ketones is 1. The summed E-state index contributed by atoms with van der Waals surface area (Å²) in [5.74, 6) is 0.142. The van der Waals surface area contributed by atoms with E-state index in [0.717, 1.165) is 28.8 Å². The summed E-state index contributed by atoms with van der Waals surface area (Å²) in [5.41, 5.74) is 3.87. The second-order valence-corrected chi connectivity index (χ2v) is 4.44. The molecule has 0 atom stereocenters. The SMILES string of the molecule is CCc1ccccc1C(=O)Cc1ccc(C)cn1. The monoisotopic (exact) mass is 239 g/mol. The minimum Gasteiger partial charge on any atom is -0.294 e. The summed E-state index contributed by atoms with van der Waals surface area (Å²) in [6, 6.07) is 11.7. The van der Waals surface area contributed by atoms with Gasteiger partial charge in [0.05, 0.1) is 6.42 Å². The summed E-state index contributed by atoms with van der Waals surface area (Å²) in [7, 11) is 0. The summed E-state index contributed by atoms with van der Waals surface area (Å²) in [5, 5.41) is 0. The quantitative estimate of drug-likeness (QED) is 0.766. The Labute approximate surface area is 108 Å². The first-order valence-electron chi connectivity index (χ1n) is 6.23. The fraction of sp³-hybridized carbons (Fsp3) is 0.250. The summed E-state index contributed by atoms with van der Waals surface area (Å²) in [6.07, 6.45) is 3.05. The van der Waals surface area contributed by atoms with Gasteiger partial charge in [-0.25, -0.2) is 0 Å². The van der Waals surface area contributed by atoms with Crippen LogP contribution in [0.2, 0.25) is 0 Å². The second kappa shape index (κ2) is 5.58. The van der Waals surface area contributed by atoms with Crippen LogP contribution in [0.1, 0.15) is 34.1 Å². The highest BCUT2D eigenvalue weighted by Crippen LogP contribution is 2.12. The molecule has 2 rings (SSSR count). The van der Waals surface area contributed by atoms with Crippen LogP contribution in [-0.4, -0.2) is 10.8 Å². The van der Waals surface area contributed by atoms with E-state index in [-0.39, 0.29) is 5.78 Å². The van der Waals surface area contributed by atoms with Crippen LogP contribution in [0, 0.1) is 6.92 Å². The number of aryl methyl sites for hydroxylation is 2. The Hall–Kier alpha value is -1.96. The maximum absolute atomic E-state index is 12.2. The van der Waals surface area contributed by atoms with E-state index in [1.807, 2.05) is 43.3 Å². The van der Waals surface area contributed by atoms with Gasteiger partial charge in [-0.2, -0.15) is 0 Å². The molecule has 0 spiro atoms. The normalized spacial score (nSPS) is 10.3. The highest BCUT2D eigenvalue weighted by atomic mass is 16.1. The van der Waals surface area contributed by atoms with Gasteiger partial charge in [0.2, 0.25) is 0 Å². The first kappa shape index (κ1) is 12.5. The molecule has 1 aromatic carbocycles. The summed E-state index contributed by atoms with van der Waals surface area (Å²) in [4.78, 5) is 16.5. The van der Waals surface area contributed by atoms with Crippen LogP contribution >= 0.6 is 0 Å². The largest absolute Gasteiger partial charge is 0.294 e. The molecule has 0 aliphatic heterocycles. The Bertz CT molecular complexity index is 543. The molecule has 0 fully saturated rings. The van der Waals surface area contributed by atoms with Gasteiger partial charge in [-0.05, 0) is 30.5 Å². The molecule has 0 bridgehead atoms. The third kappa shape index (κ3) is 2.83.